The minimum Gasteiger partial charge on any atom is -0.313 e. The normalized spacial score (nSPS) is 11.5. The lowest BCUT2D eigenvalue weighted by atomic mass is 10.1. The summed E-state index contributed by atoms with van der Waals surface area (Å²) in [6.07, 6.45) is 14.2. The summed E-state index contributed by atoms with van der Waals surface area (Å²) in [7, 11) is 1.65. The smallest absolute Gasteiger partial charge is 0.313 e. The molecule has 0 atom stereocenters. The van der Waals surface area contributed by atoms with Crippen molar-refractivity contribution in [3.63, 3.8) is 0 Å². The molecule has 7 heteroatoms. The molecule has 0 aliphatic carbocycles. The fourth-order valence-electron chi connectivity index (χ4n) is 3.51. The Hall–Kier alpha value is -1.50. The fourth-order valence-corrected chi connectivity index (χ4v) is 4.53. The van der Waals surface area contributed by atoms with Gasteiger partial charge in [-0.1, -0.05) is 83.4 Å². The standard InChI is InChI=1S/C21H36N4O2S/c1-4-6-7-8-9-10-11-12-13-14-16-28-21-22-18-17(25(21)15-5-2)19(26)23-20(27)24(18)3/h4-16H2,1-3H3,(H,23,26,27). The van der Waals surface area contributed by atoms with Crippen LogP contribution in [0, 0.1) is 0 Å². The lowest BCUT2D eigenvalue weighted by Gasteiger charge is -2.07. The molecule has 2 rings (SSSR count). The fraction of sp³-hybridized carbons (Fsp3) is 0.762. The molecule has 0 amide bonds. The maximum atomic E-state index is 12.3. The van der Waals surface area contributed by atoms with Crippen molar-refractivity contribution in [1.82, 2.24) is 19.1 Å². The van der Waals surface area contributed by atoms with E-state index in [1.807, 2.05) is 4.57 Å². The molecule has 158 valence electrons. The molecule has 0 radical (unpaired) electrons. The van der Waals surface area contributed by atoms with E-state index in [1.54, 1.807) is 18.8 Å². The summed E-state index contributed by atoms with van der Waals surface area (Å²) in [6.45, 7) is 5.07. The Morgan fingerprint density at radius 3 is 2.11 bits per heavy atom. The molecule has 6 nitrogen and oxygen atoms in total. The van der Waals surface area contributed by atoms with E-state index in [9.17, 15) is 9.59 Å². The average Bonchev–Trinajstić information content (AvgIpc) is 3.04. The van der Waals surface area contributed by atoms with Crippen LogP contribution in [0.1, 0.15) is 84.5 Å². The van der Waals surface area contributed by atoms with E-state index >= 15 is 0 Å². The van der Waals surface area contributed by atoms with Crippen molar-refractivity contribution in [1.29, 1.82) is 0 Å². The van der Waals surface area contributed by atoms with Crippen LogP contribution in [-0.2, 0) is 13.6 Å². The van der Waals surface area contributed by atoms with E-state index in [2.05, 4.69) is 23.8 Å². The molecule has 2 heterocycles. The van der Waals surface area contributed by atoms with E-state index in [-0.39, 0.29) is 5.56 Å². The molecule has 0 fully saturated rings. The van der Waals surface area contributed by atoms with Crippen LogP contribution in [0.4, 0.5) is 0 Å². The van der Waals surface area contributed by atoms with Gasteiger partial charge in [0.2, 0.25) is 0 Å². The Morgan fingerprint density at radius 2 is 1.50 bits per heavy atom. The van der Waals surface area contributed by atoms with Gasteiger partial charge in [-0.3, -0.25) is 14.3 Å². The highest BCUT2D eigenvalue weighted by atomic mass is 32.2. The number of fused-ring (bicyclic) bond motifs is 1. The molecule has 0 spiro atoms. The Labute approximate surface area is 172 Å². The molecule has 0 aliphatic rings. The molecule has 0 saturated heterocycles. The summed E-state index contributed by atoms with van der Waals surface area (Å²) in [5.41, 5.74) is 0.233. The summed E-state index contributed by atoms with van der Waals surface area (Å²) < 4.78 is 3.39. The SMILES string of the molecule is CCCCCCCCCCCCSc1nc2c(c(=O)[nH]c(=O)n2C)n1CCC. The number of nitrogens with zero attached hydrogens (tertiary/aromatic N) is 3. The monoisotopic (exact) mass is 408 g/mol. The number of thioether (sulfide) groups is 1. The van der Waals surface area contributed by atoms with E-state index in [0.717, 1.165) is 30.3 Å². The number of imidazole rings is 1. The van der Waals surface area contributed by atoms with Crippen LogP contribution in [0.2, 0.25) is 0 Å². The molecule has 0 aromatic carbocycles. The number of hydrogen-bond acceptors (Lipinski definition) is 4. The Kier molecular flexibility index (Phi) is 9.88. The first-order valence-corrected chi connectivity index (χ1v) is 11.9. The molecular weight excluding hydrogens is 372 g/mol. The van der Waals surface area contributed by atoms with Crippen LogP contribution < -0.4 is 11.2 Å². The molecular formula is C21H36N4O2S. The van der Waals surface area contributed by atoms with Gasteiger partial charge in [-0.15, -0.1) is 0 Å². The van der Waals surface area contributed by atoms with Gasteiger partial charge >= 0.3 is 5.69 Å². The predicted molar refractivity (Wildman–Crippen MR) is 118 cm³/mol. The van der Waals surface area contributed by atoms with Crippen LogP contribution in [0.15, 0.2) is 14.7 Å². The van der Waals surface area contributed by atoms with E-state index in [4.69, 9.17) is 0 Å². The molecule has 0 saturated carbocycles. The summed E-state index contributed by atoms with van der Waals surface area (Å²) in [4.78, 5) is 31.1. The van der Waals surface area contributed by atoms with Gasteiger partial charge in [0, 0.05) is 19.3 Å². The molecule has 0 unspecified atom stereocenters. The molecule has 2 aromatic heterocycles. The number of nitrogens with one attached hydrogen (secondary N) is 1. The summed E-state index contributed by atoms with van der Waals surface area (Å²) >= 11 is 1.70. The predicted octanol–water partition coefficient (Wildman–Crippen LogP) is 4.85. The van der Waals surface area contributed by atoms with Crippen LogP contribution in [0.5, 0.6) is 0 Å². The number of rotatable bonds is 14. The molecule has 1 N–H and O–H groups in total. The van der Waals surface area contributed by atoms with E-state index < -0.39 is 5.69 Å². The highest BCUT2D eigenvalue weighted by Gasteiger charge is 2.16. The lowest BCUT2D eigenvalue weighted by molar-refractivity contribution is 0.563. The molecule has 0 bridgehead atoms. The first-order valence-electron chi connectivity index (χ1n) is 10.9. The second kappa shape index (κ2) is 12.1. The second-order valence-corrected chi connectivity index (χ2v) is 8.63. The van der Waals surface area contributed by atoms with E-state index in [0.29, 0.717) is 11.2 Å². The largest absolute Gasteiger partial charge is 0.329 e. The summed E-state index contributed by atoms with van der Waals surface area (Å²) in [6, 6.07) is 0. The third-order valence-electron chi connectivity index (χ3n) is 5.15. The van der Waals surface area contributed by atoms with Gasteiger partial charge in [0.1, 0.15) is 0 Å². The van der Waals surface area contributed by atoms with Crippen molar-refractivity contribution in [2.45, 2.75) is 96.2 Å². The minimum absolute atomic E-state index is 0.343. The zero-order valence-electron chi connectivity index (χ0n) is 17.8. The van der Waals surface area contributed by atoms with Gasteiger partial charge in [0.05, 0.1) is 0 Å². The van der Waals surface area contributed by atoms with Crippen LogP contribution in [0.3, 0.4) is 0 Å². The van der Waals surface area contributed by atoms with E-state index in [1.165, 1.54) is 62.4 Å². The van der Waals surface area contributed by atoms with Crippen molar-refractivity contribution < 1.29 is 0 Å². The quantitative estimate of drug-likeness (QED) is 0.358. The van der Waals surface area contributed by atoms with Gasteiger partial charge < -0.3 is 4.57 Å². The van der Waals surface area contributed by atoms with Gasteiger partial charge in [-0.05, 0) is 12.8 Å². The number of aromatic nitrogens is 4. The number of hydrogen-bond donors (Lipinski definition) is 1. The number of unbranched alkanes of at least 4 members (excludes halogenated alkanes) is 9. The van der Waals surface area contributed by atoms with Crippen LogP contribution >= 0.6 is 11.8 Å². The van der Waals surface area contributed by atoms with Gasteiger partial charge in [0.15, 0.2) is 16.3 Å². The third kappa shape index (κ3) is 6.26. The Morgan fingerprint density at radius 1 is 0.893 bits per heavy atom. The first-order chi connectivity index (χ1) is 13.6. The van der Waals surface area contributed by atoms with Gasteiger partial charge in [-0.2, -0.15) is 0 Å². The number of aromatic amines is 1. The third-order valence-corrected chi connectivity index (χ3v) is 6.21. The minimum atomic E-state index is -0.412. The average molecular weight is 409 g/mol. The first kappa shape index (κ1) is 22.8. The number of aryl methyl sites for hydroxylation is 2. The zero-order valence-corrected chi connectivity index (χ0v) is 18.6. The van der Waals surface area contributed by atoms with Gasteiger partial charge in [0.25, 0.3) is 5.56 Å². The summed E-state index contributed by atoms with van der Waals surface area (Å²) in [5, 5.41) is 0.847. The summed E-state index contributed by atoms with van der Waals surface area (Å²) in [5.74, 6) is 0.995. The van der Waals surface area contributed by atoms with Crippen LogP contribution in [-0.4, -0.2) is 24.9 Å². The van der Waals surface area contributed by atoms with Crippen molar-refractivity contribution in [3.05, 3.63) is 20.8 Å². The maximum Gasteiger partial charge on any atom is 0.329 e. The van der Waals surface area contributed by atoms with Crippen molar-refractivity contribution in [2.24, 2.45) is 7.05 Å². The van der Waals surface area contributed by atoms with Crippen molar-refractivity contribution >= 4 is 22.9 Å². The topological polar surface area (TPSA) is 72.7 Å². The molecule has 28 heavy (non-hydrogen) atoms. The molecule has 2 aromatic rings. The molecule has 0 aliphatic heterocycles. The highest BCUT2D eigenvalue weighted by Crippen LogP contribution is 2.23. The maximum absolute atomic E-state index is 12.3. The lowest BCUT2D eigenvalue weighted by Crippen LogP contribution is -2.29. The second-order valence-electron chi connectivity index (χ2n) is 7.57. The number of H-pyrrole nitrogens is 1. The zero-order chi connectivity index (χ0) is 20.4. The van der Waals surface area contributed by atoms with Crippen molar-refractivity contribution in [2.75, 3.05) is 5.75 Å². The Bertz CT molecular complexity index is 837. The van der Waals surface area contributed by atoms with Crippen LogP contribution in [0.25, 0.3) is 11.2 Å². The van der Waals surface area contributed by atoms with Gasteiger partial charge in [-0.25, -0.2) is 9.78 Å². The Balaban J connectivity index is 1.82. The highest BCUT2D eigenvalue weighted by molar-refractivity contribution is 7.99. The van der Waals surface area contributed by atoms with Crippen molar-refractivity contribution in [3.8, 4) is 0 Å².